The van der Waals surface area contributed by atoms with Crippen LogP contribution in [0.25, 0.3) is 0 Å². The maximum atomic E-state index is 10.1. The van der Waals surface area contributed by atoms with E-state index < -0.39 is 0 Å². The number of ether oxygens (including phenoxy) is 1. The fraction of sp³-hybridized carbons (Fsp3) is 1.00. The Hall–Kier alpha value is -0.160. The van der Waals surface area contributed by atoms with Gasteiger partial charge in [-0.25, -0.2) is 0 Å². The molecule has 4 nitrogen and oxygen atoms in total. The van der Waals surface area contributed by atoms with Crippen LogP contribution in [0.2, 0.25) is 0 Å². The van der Waals surface area contributed by atoms with Crippen LogP contribution in [0.5, 0.6) is 0 Å². The van der Waals surface area contributed by atoms with Crippen molar-refractivity contribution in [1.82, 2.24) is 9.80 Å². The molecule has 1 heterocycles. The van der Waals surface area contributed by atoms with Gasteiger partial charge in [0.05, 0.1) is 12.7 Å². The predicted molar refractivity (Wildman–Crippen MR) is 84.3 cm³/mol. The molecule has 0 amide bonds. The van der Waals surface area contributed by atoms with Gasteiger partial charge >= 0.3 is 0 Å². The SMILES string of the molecule is CN1CCN(C[C@H](O)COCC[C@H]2C[C@H]3CC[C@H]2C3)CC1. The van der Waals surface area contributed by atoms with Gasteiger partial charge in [0, 0.05) is 39.3 Å². The highest BCUT2D eigenvalue weighted by Gasteiger charge is 2.38. The highest BCUT2D eigenvalue weighted by Crippen LogP contribution is 2.49. The van der Waals surface area contributed by atoms with E-state index in [-0.39, 0.29) is 6.10 Å². The topological polar surface area (TPSA) is 35.9 Å². The number of likely N-dealkylation sites (N-methyl/N-ethyl adjacent to an activating group) is 1. The monoisotopic (exact) mass is 296 g/mol. The van der Waals surface area contributed by atoms with Gasteiger partial charge in [-0.3, -0.25) is 4.90 Å². The smallest absolute Gasteiger partial charge is 0.0900 e. The van der Waals surface area contributed by atoms with Crippen molar-refractivity contribution < 1.29 is 9.84 Å². The van der Waals surface area contributed by atoms with Crippen LogP contribution in [0.3, 0.4) is 0 Å². The standard InChI is InChI=1S/C17H32N2O2/c1-18-5-7-19(8-6-18)12-17(20)13-21-9-4-16-11-14-2-3-15(16)10-14/h14-17,20H,2-13H2,1H3/t14-,15-,16-,17-/m0/s1. The zero-order valence-corrected chi connectivity index (χ0v) is 13.5. The summed E-state index contributed by atoms with van der Waals surface area (Å²) >= 11 is 0. The van der Waals surface area contributed by atoms with Gasteiger partial charge in [-0.15, -0.1) is 0 Å². The molecule has 3 aliphatic rings. The molecule has 0 spiro atoms. The molecular weight excluding hydrogens is 264 g/mol. The van der Waals surface area contributed by atoms with E-state index in [4.69, 9.17) is 4.74 Å². The number of fused-ring (bicyclic) bond motifs is 2. The van der Waals surface area contributed by atoms with E-state index in [9.17, 15) is 5.11 Å². The Kier molecular flexibility index (Phi) is 5.54. The lowest BCUT2D eigenvalue weighted by molar-refractivity contribution is 0.00395. The number of hydrogen-bond acceptors (Lipinski definition) is 4. The van der Waals surface area contributed by atoms with Gasteiger partial charge in [0.15, 0.2) is 0 Å². The normalized spacial score (nSPS) is 35.4. The molecule has 0 unspecified atom stereocenters. The average molecular weight is 296 g/mol. The van der Waals surface area contributed by atoms with Crippen LogP contribution in [-0.4, -0.2) is 74.0 Å². The maximum Gasteiger partial charge on any atom is 0.0900 e. The van der Waals surface area contributed by atoms with Crippen molar-refractivity contribution in [3.63, 3.8) is 0 Å². The van der Waals surface area contributed by atoms with Crippen molar-refractivity contribution in [3.05, 3.63) is 0 Å². The second-order valence-electron chi connectivity index (χ2n) is 7.56. The number of rotatable bonds is 7. The summed E-state index contributed by atoms with van der Waals surface area (Å²) < 4.78 is 5.74. The minimum Gasteiger partial charge on any atom is -0.389 e. The van der Waals surface area contributed by atoms with Crippen LogP contribution in [0.15, 0.2) is 0 Å². The zero-order chi connectivity index (χ0) is 14.7. The lowest BCUT2D eigenvalue weighted by Gasteiger charge is -2.33. The van der Waals surface area contributed by atoms with E-state index >= 15 is 0 Å². The molecule has 4 heteroatoms. The van der Waals surface area contributed by atoms with E-state index in [1.807, 2.05) is 0 Å². The molecule has 0 aromatic rings. The molecule has 0 aromatic heterocycles. The summed E-state index contributed by atoms with van der Waals surface area (Å²) in [6.45, 7) is 6.47. The van der Waals surface area contributed by atoms with E-state index in [1.165, 1.54) is 32.1 Å². The summed E-state index contributed by atoms with van der Waals surface area (Å²) in [4.78, 5) is 4.69. The number of piperazine rings is 1. The number of aliphatic hydroxyl groups is 1. The van der Waals surface area contributed by atoms with Gasteiger partial charge in [-0.05, 0) is 50.5 Å². The fourth-order valence-corrected chi connectivity index (χ4v) is 4.57. The summed E-state index contributed by atoms with van der Waals surface area (Å²) in [6.07, 6.45) is 6.75. The Morgan fingerprint density at radius 1 is 1.14 bits per heavy atom. The maximum absolute atomic E-state index is 10.1. The molecule has 122 valence electrons. The summed E-state index contributed by atoms with van der Waals surface area (Å²) in [6, 6.07) is 0. The molecule has 1 N–H and O–H groups in total. The first-order valence-corrected chi connectivity index (χ1v) is 8.87. The first-order chi connectivity index (χ1) is 10.2. The van der Waals surface area contributed by atoms with Crippen LogP contribution in [-0.2, 0) is 4.74 Å². The number of hydrogen-bond donors (Lipinski definition) is 1. The number of β-amino-alcohol motifs (C(OH)–C–C–N with tert-alkyl or cyclic N) is 1. The third-order valence-corrected chi connectivity index (χ3v) is 5.89. The van der Waals surface area contributed by atoms with Crippen LogP contribution in [0, 0.1) is 17.8 Å². The second-order valence-corrected chi connectivity index (χ2v) is 7.56. The van der Waals surface area contributed by atoms with E-state index in [1.54, 1.807) is 0 Å². The zero-order valence-electron chi connectivity index (χ0n) is 13.5. The molecule has 0 radical (unpaired) electrons. The van der Waals surface area contributed by atoms with Crippen LogP contribution >= 0.6 is 0 Å². The largest absolute Gasteiger partial charge is 0.389 e. The van der Waals surface area contributed by atoms with Crippen LogP contribution in [0.1, 0.15) is 32.1 Å². The molecular formula is C17H32N2O2. The summed E-state index contributed by atoms with van der Waals surface area (Å²) in [7, 11) is 2.16. The number of aliphatic hydroxyl groups excluding tert-OH is 1. The second kappa shape index (κ2) is 7.40. The third-order valence-electron chi connectivity index (χ3n) is 5.89. The van der Waals surface area contributed by atoms with Gasteiger partial charge in [-0.1, -0.05) is 6.42 Å². The fourth-order valence-electron chi connectivity index (χ4n) is 4.57. The summed E-state index contributed by atoms with van der Waals surface area (Å²) in [5.41, 5.74) is 0. The predicted octanol–water partition coefficient (Wildman–Crippen LogP) is 1.44. The highest BCUT2D eigenvalue weighted by atomic mass is 16.5. The van der Waals surface area contributed by atoms with Gasteiger partial charge in [0.25, 0.3) is 0 Å². The molecule has 1 aliphatic heterocycles. The molecule has 1 saturated heterocycles. The highest BCUT2D eigenvalue weighted by molar-refractivity contribution is 4.89. The Bertz CT molecular complexity index is 318. The lowest BCUT2D eigenvalue weighted by Crippen LogP contribution is -2.47. The third kappa shape index (κ3) is 4.41. The van der Waals surface area contributed by atoms with Crippen molar-refractivity contribution in [2.24, 2.45) is 17.8 Å². The number of nitrogens with zero attached hydrogens (tertiary/aromatic N) is 2. The van der Waals surface area contributed by atoms with Crippen molar-refractivity contribution in [2.45, 2.75) is 38.2 Å². The molecule has 2 aliphatic carbocycles. The molecule has 21 heavy (non-hydrogen) atoms. The molecule has 3 rings (SSSR count). The minimum atomic E-state index is -0.326. The Labute approximate surface area is 129 Å². The van der Waals surface area contributed by atoms with Gasteiger partial charge in [-0.2, -0.15) is 0 Å². The lowest BCUT2D eigenvalue weighted by atomic mass is 9.87. The van der Waals surface area contributed by atoms with Crippen molar-refractivity contribution in [3.8, 4) is 0 Å². The van der Waals surface area contributed by atoms with Gasteiger partial charge in [0.1, 0.15) is 0 Å². The summed E-state index contributed by atoms with van der Waals surface area (Å²) in [5, 5.41) is 10.1. The van der Waals surface area contributed by atoms with Crippen LogP contribution in [0.4, 0.5) is 0 Å². The quantitative estimate of drug-likeness (QED) is 0.721. The minimum absolute atomic E-state index is 0.326. The van der Waals surface area contributed by atoms with Gasteiger partial charge in [0.2, 0.25) is 0 Å². The Balaban J connectivity index is 1.24. The first kappa shape index (κ1) is 15.7. The van der Waals surface area contributed by atoms with Crippen molar-refractivity contribution >= 4 is 0 Å². The Morgan fingerprint density at radius 2 is 1.95 bits per heavy atom. The van der Waals surface area contributed by atoms with Crippen LogP contribution < -0.4 is 0 Å². The average Bonchev–Trinajstić information content (AvgIpc) is 3.09. The Morgan fingerprint density at radius 3 is 2.62 bits per heavy atom. The van der Waals surface area contributed by atoms with Crippen molar-refractivity contribution in [1.29, 1.82) is 0 Å². The summed E-state index contributed by atoms with van der Waals surface area (Å²) in [5.74, 6) is 2.94. The molecule has 0 aromatic carbocycles. The van der Waals surface area contributed by atoms with E-state index in [2.05, 4.69) is 16.8 Å². The first-order valence-electron chi connectivity index (χ1n) is 8.87. The van der Waals surface area contributed by atoms with Crippen molar-refractivity contribution in [2.75, 3.05) is 53.0 Å². The molecule has 2 saturated carbocycles. The molecule has 2 bridgehead atoms. The molecule has 3 fully saturated rings. The van der Waals surface area contributed by atoms with E-state index in [0.717, 1.165) is 57.1 Å². The van der Waals surface area contributed by atoms with Gasteiger partial charge < -0.3 is 14.7 Å². The van der Waals surface area contributed by atoms with E-state index in [0.29, 0.717) is 6.61 Å². The molecule has 4 atom stereocenters.